The Kier molecular flexibility index (Phi) is 5.83. The van der Waals surface area contributed by atoms with E-state index < -0.39 is 12.5 Å². The van der Waals surface area contributed by atoms with Crippen molar-refractivity contribution in [2.75, 3.05) is 10.6 Å². The van der Waals surface area contributed by atoms with Crippen molar-refractivity contribution in [3.05, 3.63) is 66.6 Å². The summed E-state index contributed by atoms with van der Waals surface area (Å²) in [5, 5.41) is 5.44. The van der Waals surface area contributed by atoms with Gasteiger partial charge in [-0.1, -0.05) is 12.1 Å². The van der Waals surface area contributed by atoms with Crippen molar-refractivity contribution in [2.24, 2.45) is 5.92 Å². The maximum atomic E-state index is 12.6. The largest absolute Gasteiger partial charge is 0.435 e. The number of halogens is 2. The number of aromatic nitrogens is 2. The number of anilines is 2. The molecule has 4 rings (SSSR count). The molecule has 0 radical (unpaired) electrons. The lowest BCUT2D eigenvalue weighted by molar-refractivity contribution is -0.117. The molecular formula is C22H18F2N4O3. The van der Waals surface area contributed by atoms with Gasteiger partial charge in [0.15, 0.2) is 0 Å². The third kappa shape index (κ3) is 5.39. The van der Waals surface area contributed by atoms with Gasteiger partial charge in [0.25, 0.3) is 5.91 Å². The van der Waals surface area contributed by atoms with Crippen LogP contribution in [-0.2, 0) is 4.79 Å². The first-order valence-corrected chi connectivity index (χ1v) is 9.56. The Hall–Kier alpha value is -3.88. The van der Waals surface area contributed by atoms with E-state index in [1.165, 1.54) is 36.7 Å². The van der Waals surface area contributed by atoms with Crippen molar-refractivity contribution < 1.29 is 23.1 Å². The van der Waals surface area contributed by atoms with Gasteiger partial charge in [0.05, 0.1) is 11.9 Å². The fourth-order valence-electron chi connectivity index (χ4n) is 2.94. The number of pyridine rings is 2. The summed E-state index contributed by atoms with van der Waals surface area (Å²) in [5.41, 5.74) is 1.96. The number of alkyl halides is 2. The molecule has 1 saturated carbocycles. The number of amides is 2. The summed E-state index contributed by atoms with van der Waals surface area (Å²) in [7, 11) is 0. The lowest BCUT2D eigenvalue weighted by atomic mass is 10.1. The highest BCUT2D eigenvalue weighted by molar-refractivity contribution is 6.05. The number of hydrogen-bond acceptors (Lipinski definition) is 5. The third-order valence-electron chi connectivity index (χ3n) is 4.61. The van der Waals surface area contributed by atoms with E-state index in [1.54, 1.807) is 24.4 Å². The molecule has 0 bridgehead atoms. The van der Waals surface area contributed by atoms with Crippen molar-refractivity contribution in [1.29, 1.82) is 0 Å². The van der Waals surface area contributed by atoms with E-state index in [0.717, 1.165) is 12.8 Å². The zero-order valence-electron chi connectivity index (χ0n) is 16.2. The van der Waals surface area contributed by atoms with Crippen LogP contribution in [0.5, 0.6) is 5.75 Å². The van der Waals surface area contributed by atoms with Gasteiger partial charge in [-0.05, 0) is 48.7 Å². The molecule has 0 aliphatic heterocycles. The number of carbonyl (C=O) groups excluding carboxylic acids is 2. The molecule has 1 aromatic carbocycles. The van der Waals surface area contributed by atoms with E-state index in [2.05, 4.69) is 25.3 Å². The molecule has 0 unspecified atom stereocenters. The smallest absolute Gasteiger partial charge is 0.387 e. The molecule has 31 heavy (non-hydrogen) atoms. The van der Waals surface area contributed by atoms with Crippen LogP contribution in [0.3, 0.4) is 0 Å². The van der Waals surface area contributed by atoms with Crippen molar-refractivity contribution in [2.45, 2.75) is 19.5 Å². The van der Waals surface area contributed by atoms with Gasteiger partial charge < -0.3 is 15.4 Å². The zero-order valence-corrected chi connectivity index (χ0v) is 16.2. The molecule has 2 amide bonds. The number of ether oxygens (including phenoxy) is 1. The third-order valence-corrected chi connectivity index (χ3v) is 4.61. The Bertz CT molecular complexity index is 1120. The first-order chi connectivity index (χ1) is 15.0. The Balaban J connectivity index is 1.47. The van der Waals surface area contributed by atoms with E-state index in [1.807, 2.05) is 0 Å². The number of nitrogens with zero attached hydrogens (tertiary/aromatic N) is 2. The number of carbonyl (C=O) groups is 2. The molecule has 0 spiro atoms. The van der Waals surface area contributed by atoms with Gasteiger partial charge in [0.1, 0.15) is 11.6 Å². The maximum Gasteiger partial charge on any atom is 0.387 e. The molecule has 2 heterocycles. The summed E-state index contributed by atoms with van der Waals surface area (Å²) < 4.78 is 29.3. The molecule has 1 aliphatic rings. The van der Waals surface area contributed by atoms with Gasteiger partial charge in [0, 0.05) is 29.4 Å². The highest BCUT2D eigenvalue weighted by Gasteiger charge is 2.29. The van der Waals surface area contributed by atoms with E-state index in [4.69, 9.17) is 0 Å². The number of rotatable bonds is 7. The standard InChI is InChI=1S/C22H18F2N4O3/c23-22(24)31-18-3-1-2-14(9-18)16-8-17(12-25-11-16)27-21(30)15-6-7-26-19(10-15)28-20(29)13-4-5-13/h1-3,6-13,22H,4-5H2,(H,27,30)(H,26,28,29). The summed E-state index contributed by atoms with van der Waals surface area (Å²) >= 11 is 0. The summed E-state index contributed by atoms with van der Waals surface area (Å²) in [5.74, 6) is -0.137. The molecule has 158 valence electrons. The Morgan fingerprint density at radius 2 is 1.87 bits per heavy atom. The van der Waals surface area contributed by atoms with E-state index in [9.17, 15) is 18.4 Å². The van der Waals surface area contributed by atoms with Crippen LogP contribution in [0.4, 0.5) is 20.3 Å². The summed E-state index contributed by atoms with van der Waals surface area (Å²) in [6.45, 7) is -2.92. The second-order valence-electron chi connectivity index (χ2n) is 7.02. The van der Waals surface area contributed by atoms with Crippen molar-refractivity contribution >= 4 is 23.3 Å². The normalized spacial score (nSPS) is 13.0. The summed E-state index contributed by atoms with van der Waals surface area (Å²) in [4.78, 5) is 32.7. The highest BCUT2D eigenvalue weighted by atomic mass is 19.3. The monoisotopic (exact) mass is 424 g/mol. The van der Waals surface area contributed by atoms with Gasteiger partial charge in [0.2, 0.25) is 5.91 Å². The van der Waals surface area contributed by atoms with Crippen LogP contribution in [-0.4, -0.2) is 28.4 Å². The first-order valence-electron chi connectivity index (χ1n) is 9.56. The summed E-state index contributed by atoms with van der Waals surface area (Å²) in [6.07, 6.45) is 6.20. The van der Waals surface area contributed by atoms with Crippen LogP contribution < -0.4 is 15.4 Å². The lowest BCUT2D eigenvalue weighted by Gasteiger charge is -2.10. The van der Waals surface area contributed by atoms with Crippen LogP contribution in [0, 0.1) is 5.92 Å². The molecular weight excluding hydrogens is 406 g/mol. The van der Waals surface area contributed by atoms with Crippen LogP contribution in [0.15, 0.2) is 61.1 Å². The average molecular weight is 424 g/mol. The molecule has 9 heteroatoms. The predicted octanol–water partition coefficient (Wildman–Crippen LogP) is 4.35. The second kappa shape index (κ2) is 8.86. The van der Waals surface area contributed by atoms with Crippen molar-refractivity contribution in [3.8, 4) is 16.9 Å². The van der Waals surface area contributed by atoms with E-state index in [-0.39, 0.29) is 17.6 Å². The minimum absolute atomic E-state index is 0.0256. The zero-order chi connectivity index (χ0) is 21.8. The predicted molar refractivity (Wildman–Crippen MR) is 110 cm³/mol. The topological polar surface area (TPSA) is 93.2 Å². The second-order valence-corrected chi connectivity index (χ2v) is 7.02. The molecule has 1 aliphatic carbocycles. The van der Waals surface area contributed by atoms with Gasteiger partial charge in [-0.3, -0.25) is 14.6 Å². The van der Waals surface area contributed by atoms with E-state index >= 15 is 0 Å². The summed E-state index contributed by atoms with van der Waals surface area (Å²) in [6, 6.07) is 10.9. The van der Waals surface area contributed by atoms with Crippen LogP contribution in [0.1, 0.15) is 23.2 Å². The molecule has 0 saturated heterocycles. The van der Waals surface area contributed by atoms with Gasteiger partial charge in [-0.25, -0.2) is 4.98 Å². The number of nitrogens with one attached hydrogen (secondary N) is 2. The Morgan fingerprint density at radius 3 is 2.65 bits per heavy atom. The minimum Gasteiger partial charge on any atom is -0.435 e. The molecule has 2 N–H and O–H groups in total. The van der Waals surface area contributed by atoms with Gasteiger partial charge >= 0.3 is 6.61 Å². The SMILES string of the molecule is O=C(Nc1cncc(-c2cccc(OC(F)F)c2)c1)c1ccnc(NC(=O)C2CC2)c1. The number of hydrogen-bond donors (Lipinski definition) is 2. The quantitative estimate of drug-likeness (QED) is 0.588. The maximum absolute atomic E-state index is 12.6. The molecule has 0 atom stereocenters. The first kappa shape index (κ1) is 20.4. The van der Waals surface area contributed by atoms with Gasteiger partial charge in [-0.2, -0.15) is 8.78 Å². The van der Waals surface area contributed by atoms with E-state index in [0.29, 0.717) is 28.2 Å². The molecule has 7 nitrogen and oxygen atoms in total. The molecule has 1 fully saturated rings. The van der Waals surface area contributed by atoms with Crippen molar-refractivity contribution in [3.63, 3.8) is 0 Å². The molecule has 2 aromatic heterocycles. The van der Waals surface area contributed by atoms with Gasteiger partial charge in [-0.15, -0.1) is 0 Å². The fourth-order valence-corrected chi connectivity index (χ4v) is 2.94. The fraction of sp³-hybridized carbons (Fsp3) is 0.182. The van der Waals surface area contributed by atoms with Crippen LogP contribution in [0.2, 0.25) is 0 Å². The van der Waals surface area contributed by atoms with Crippen LogP contribution >= 0.6 is 0 Å². The van der Waals surface area contributed by atoms with Crippen molar-refractivity contribution in [1.82, 2.24) is 9.97 Å². The average Bonchev–Trinajstić information content (AvgIpc) is 3.59. The Morgan fingerprint density at radius 1 is 1.03 bits per heavy atom. The number of benzene rings is 1. The lowest BCUT2D eigenvalue weighted by Crippen LogP contribution is -2.16. The van der Waals surface area contributed by atoms with Crippen LogP contribution in [0.25, 0.3) is 11.1 Å². The molecule has 3 aromatic rings. The highest BCUT2D eigenvalue weighted by Crippen LogP contribution is 2.30. The minimum atomic E-state index is -2.92. The Labute approximate surface area is 176 Å².